The smallest absolute Gasteiger partial charge is 0.225 e. The third-order valence-electron chi connectivity index (χ3n) is 4.36. The van der Waals surface area contributed by atoms with Gasteiger partial charge in [-0.15, -0.1) is 0 Å². The fourth-order valence-corrected chi connectivity index (χ4v) is 4.33. The van der Waals surface area contributed by atoms with E-state index in [9.17, 15) is 8.42 Å². The second-order valence-corrected chi connectivity index (χ2v) is 8.24. The van der Waals surface area contributed by atoms with E-state index in [0.29, 0.717) is 12.5 Å². The molecular weight excluding hydrogens is 324 g/mol. The van der Waals surface area contributed by atoms with Crippen LogP contribution in [0.15, 0.2) is 42.7 Å². The highest BCUT2D eigenvalue weighted by Crippen LogP contribution is 2.22. The first-order valence-electron chi connectivity index (χ1n) is 7.99. The van der Waals surface area contributed by atoms with Gasteiger partial charge < -0.3 is 4.90 Å². The maximum Gasteiger partial charge on any atom is 0.225 e. The van der Waals surface area contributed by atoms with Crippen molar-refractivity contribution in [2.24, 2.45) is 0 Å². The maximum atomic E-state index is 12.7. The Labute approximate surface area is 143 Å². The molecule has 2 aromatic rings. The molecule has 1 atom stereocenters. The van der Waals surface area contributed by atoms with E-state index in [-0.39, 0.29) is 11.8 Å². The van der Waals surface area contributed by atoms with Gasteiger partial charge in [0.25, 0.3) is 0 Å². The summed E-state index contributed by atoms with van der Waals surface area (Å²) in [4.78, 5) is 10.7. The van der Waals surface area contributed by atoms with Crippen LogP contribution in [-0.2, 0) is 15.8 Å². The van der Waals surface area contributed by atoms with Crippen LogP contribution < -0.4 is 4.90 Å². The Bertz CT molecular complexity index is 778. The van der Waals surface area contributed by atoms with Crippen LogP contribution in [0.1, 0.15) is 17.5 Å². The van der Waals surface area contributed by atoms with Crippen molar-refractivity contribution < 1.29 is 8.42 Å². The van der Waals surface area contributed by atoms with Crippen LogP contribution in [0, 0.1) is 6.92 Å². The van der Waals surface area contributed by atoms with Crippen LogP contribution in [0.25, 0.3) is 0 Å². The Morgan fingerprint density at radius 2 is 1.88 bits per heavy atom. The molecule has 1 aliphatic heterocycles. The van der Waals surface area contributed by atoms with E-state index in [1.165, 1.54) is 4.31 Å². The number of benzene rings is 1. The van der Waals surface area contributed by atoms with Crippen LogP contribution in [0.3, 0.4) is 0 Å². The molecule has 1 fully saturated rings. The Morgan fingerprint density at radius 1 is 1.21 bits per heavy atom. The standard InChI is InChI=1S/C17H22N4O2S/c1-14-10-18-17(19-11-14)21-9-8-16(12-21)20(2)24(22,23)13-15-6-4-3-5-7-15/h3-7,10-11,16H,8-9,12-13H2,1-2H3. The molecule has 1 aromatic carbocycles. The largest absolute Gasteiger partial charge is 0.339 e. The summed E-state index contributed by atoms with van der Waals surface area (Å²) >= 11 is 0. The average molecular weight is 346 g/mol. The third kappa shape index (κ3) is 3.73. The van der Waals surface area contributed by atoms with Gasteiger partial charge in [-0.1, -0.05) is 30.3 Å². The fraction of sp³-hybridized carbons (Fsp3) is 0.412. The lowest BCUT2D eigenvalue weighted by Gasteiger charge is -2.24. The molecule has 0 bridgehead atoms. The van der Waals surface area contributed by atoms with Gasteiger partial charge in [-0.25, -0.2) is 18.4 Å². The van der Waals surface area contributed by atoms with Gasteiger partial charge in [0.05, 0.1) is 5.75 Å². The maximum absolute atomic E-state index is 12.7. The molecule has 0 amide bonds. The zero-order chi connectivity index (χ0) is 17.2. The number of aryl methyl sites for hydroxylation is 1. The van der Waals surface area contributed by atoms with Crippen molar-refractivity contribution in [2.45, 2.75) is 25.1 Å². The minimum absolute atomic E-state index is 0.0296. The van der Waals surface area contributed by atoms with Crippen LogP contribution in [0.5, 0.6) is 0 Å². The predicted molar refractivity (Wildman–Crippen MR) is 94.2 cm³/mol. The predicted octanol–water partition coefficient (Wildman–Crippen LogP) is 1.83. The molecule has 0 saturated carbocycles. The first kappa shape index (κ1) is 16.9. The molecule has 24 heavy (non-hydrogen) atoms. The lowest BCUT2D eigenvalue weighted by Crippen LogP contribution is -2.39. The van der Waals surface area contributed by atoms with Gasteiger partial charge in [0.15, 0.2) is 0 Å². The van der Waals surface area contributed by atoms with Crippen molar-refractivity contribution in [3.05, 3.63) is 53.9 Å². The summed E-state index contributed by atoms with van der Waals surface area (Å²) in [5.74, 6) is 0.693. The fourth-order valence-electron chi connectivity index (χ4n) is 2.88. The van der Waals surface area contributed by atoms with Crippen molar-refractivity contribution in [1.82, 2.24) is 14.3 Å². The van der Waals surface area contributed by atoms with Gasteiger partial charge in [-0.05, 0) is 24.5 Å². The molecule has 1 aromatic heterocycles. The van der Waals surface area contributed by atoms with Crippen LogP contribution in [0.2, 0.25) is 0 Å². The Hall–Kier alpha value is -1.99. The van der Waals surface area contributed by atoms with E-state index in [1.54, 1.807) is 19.4 Å². The van der Waals surface area contributed by atoms with Crippen molar-refractivity contribution in [3.63, 3.8) is 0 Å². The molecular formula is C17H22N4O2S. The van der Waals surface area contributed by atoms with Crippen molar-refractivity contribution in [2.75, 3.05) is 25.0 Å². The lowest BCUT2D eigenvalue weighted by molar-refractivity contribution is 0.389. The second kappa shape index (κ2) is 6.86. The van der Waals surface area contributed by atoms with Gasteiger partial charge in [0.2, 0.25) is 16.0 Å². The summed E-state index contributed by atoms with van der Waals surface area (Å²) in [6, 6.07) is 9.23. The van der Waals surface area contributed by atoms with E-state index >= 15 is 0 Å². The minimum atomic E-state index is -3.34. The van der Waals surface area contributed by atoms with E-state index < -0.39 is 10.0 Å². The number of hydrogen-bond donors (Lipinski definition) is 0. The zero-order valence-electron chi connectivity index (χ0n) is 14.0. The van der Waals surface area contributed by atoms with Crippen LogP contribution in [-0.4, -0.2) is 48.9 Å². The number of hydrogen-bond acceptors (Lipinski definition) is 5. The van der Waals surface area contributed by atoms with E-state index in [4.69, 9.17) is 0 Å². The zero-order valence-corrected chi connectivity index (χ0v) is 14.8. The topological polar surface area (TPSA) is 66.4 Å². The first-order valence-corrected chi connectivity index (χ1v) is 9.60. The molecule has 0 radical (unpaired) electrons. The number of likely N-dealkylation sites (N-methyl/N-ethyl adjacent to an activating group) is 1. The molecule has 6 nitrogen and oxygen atoms in total. The summed E-state index contributed by atoms with van der Waals surface area (Å²) in [5, 5.41) is 0. The Balaban J connectivity index is 1.67. The van der Waals surface area contributed by atoms with Crippen LogP contribution in [0.4, 0.5) is 5.95 Å². The molecule has 0 aliphatic carbocycles. The summed E-state index contributed by atoms with van der Waals surface area (Å²) < 4.78 is 26.8. The summed E-state index contributed by atoms with van der Waals surface area (Å²) in [5.41, 5.74) is 1.82. The molecule has 128 valence electrons. The van der Waals surface area contributed by atoms with Gasteiger partial charge >= 0.3 is 0 Å². The summed E-state index contributed by atoms with van der Waals surface area (Å²) in [7, 11) is -1.67. The molecule has 0 N–H and O–H groups in total. The highest BCUT2D eigenvalue weighted by atomic mass is 32.2. The van der Waals surface area contributed by atoms with E-state index in [0.717, 1.165) is 24.1 Å². The molecule has 1 saturated heterocycles. The van der Waals surface area contributed by atoms with Gasteiger partial charge in [0, 0.05) is 38.6 Å². The lowest BCUT2D eigenvalue weighted by atomic mass is 10.2. The highest BCUT2D eigenvalue weighted by molar-refractivity contribution is 7.88. The minimum Gasteiger partial charge on any atom is -0.339 e. The number of rotatable bonds is 5. The molecule has 2 heterocycles. The van der Waals surface area contributed by atoms with Crippen molar-refractivity contribution in [1.29, 1.82) is 0 Å². The summed E-state index contributed by atoms with van der Waals surface area (Å²) in [6.45, 7) is 3.33. The normalized spacial score (nSPS) is 18.3. The van der Waals surface area contributed by atoms with Crippen LogP contribution >= 0.6 is 0 Å². The summed E-state index contributed by atoms with van der Waals surface area (Å²) in [6.07, 6.45) is 4.35. The van der Waals surface area contributed by atoms with E-state index in [2.05, 4.69) is 9.97 Å². The average Bonchev–Trinajstić information content (AvgIpc) is 3.05. The molecule has 0 spiro atoms. The number of sulfonamides is 1. The first-order chi connectivity index (χ1) is 11.5. The Kier molecular flexibility index (Phi) is 4.82. The number of aromatic nitrogens is 2. The monoisotopic (exact) mass is 346 g/mol. The SMILES string of the molecule is Cc1cnc(N2CCC(N(C)S(=O)(=O)Cc3ccccc3)C2)nc1. The molecule has 7 heteroatoms. The van der Waals surface area contributed by atoms with Gasteiger partial charge in [-0.3, -0.25) is 0 Å². The van der Waals surface area contributed by atoms with Gasteiger partial charge in [0.1, 0.15) is 0 Å². The number of anilines is 1. The van der Waals surface area contributed by atoms with E-state index in [1.807, 2.05) is 42.2 Å². The molecule has 3 rings (SSSR count). The van der Waals surface area contributed by atoms with Crippen molar-refractivity contribution >= 4 is 16.0 Å². The Morgan fingerprint density at radius 3 is 2.54 bits per heavy atom. The molecule has 1 unspecified atom stereocenters. The van der Waals surface area contributed by atoms with Gasteiger partial charge in [-0.2, -0.15) is 4.31 Å². The third-order valence-corrected chi connectivity index (χ3v) is 6.23. The van der Waals surface area contributed by atoms with Crippen molar-refractivity contribution in [3.8, 4) is 0 Å². The quantitative estimate of drug-likeness (QED) is 0.826. The molecule has 1 aliphatic rings. The highest BCUT2D eigenvalue weighted by Gasteiger charge is 2.33. The number of nitrogens with zero attached hydrogens (tertiary/aromatic N) is 4. The second-order valence-electron chi connectivity index (χ2n) is 6.21.